The standard InChI is InChI=1S/C22H22O3/c1-15(2)17-10-8-16(9-11-17)14-25-22(23)20-12-18-6-4-5-7-19(18)13-21(20)24-3/h4-13,15H,14H2,1-3H3. The Morgan fingerprint density at radius 2 is 1.60 bits per heavy atom. The quantitative estimate of drug-likeness (QED) is 0.592. The number of hydrogen-bond acceptors (Lipinski definition) is 3. The highest BCUT2D eigenvalue weighted by Gasteiger charge is 2.15. The molecule has 0 bridgehead atoms. The Bertz CT molecular complexity index is 879. The topological polar surface area (TPSA) is 35.5 Å². The van der Waals surface area contributed by atoms with Crippen LogP contribution in [0.1, 0.15) is 41.3 Å². The smallest absolute Gasteiger partial charge is 0.342 e. The van der Waals surface area contributed by atoms with Gasteiger partial charge in [0.05, 0.1) is 7.11 Å². The number of carbonyl (C=O) groups is 1. The summed E-state index contributed by atoms with van der Waals surface area (Å²) in [6.07, 6.45) is 0. The Labute approximate surface area is 148 Å². The number of carbonyl (C=O) groups excluding carboxylic acids is 1. The second-order valence-corrected chi connectivity index (χ2v) is 6.37. The molecule has 3 rings (SSSR count). The molecule has 0 aliphatic heterocycles. The van der Waals surface area contributed by atoms with E-state index in [1.165, 1.54) is 5.56 Å². The summed E-state index contributed by atoms with van der Waals surface area (Å²) >= 11 is 0. The molecule has 128 valence electrons. The molecule has 0 unspecified atom stereocenters. The van der Waals surface area contributed by atoms with Crippen LogP contribution in [-0.2, 0) is 11.3 Å². The summed E-state index contributed by atoms with van der Waals surface area (Å²) in [7, 11) is 1.56. The highest BCUT2D eigenvalue weighted by atomic mass is 16.5. The maximum Gasteiger partial charge on any atom is 0.342 e. The van der Waals surface area contributed by atoms with Crippen LogP contribution >= 0.6 is 0 Å². The fraction of sp³-hybridized carbons (Fsp3) is 0.227. The summed E-state index contributed by atoms with van der Waals surface area (Å²) in [6.45, 7) is 4.55. The molecule has 0 saturated heterocycles. The number of esters is 1. The fourth-order valence-electron chi connectivity index (χ4n) is 2.77. The number of ether oxygens (including phenoxy) is 2. The van der Waals surface area contributed by atoms with E-state index in [1.807, 2.05) is 48.5 Å². The van der Waals surface area contributed by atoms with Crippen molar-refractivity contribution in [1.82, 2.24) is 0 Å². The van der Waals surface area contributed by atoms with Crippen molar-refractivity contribution >= 4 is 16.7 Å². The van der Waals surface area contributed by atoms with Crippen LogP contribution in [0.2, 0.25) is 0 Å². The largest absolute Gasteiger partial charge is 0.496 e. The van der Waals surface area contributed by atoms with Crippen molar-refractivity contribution in [3.8, 4) is 5.75 Å². The fourth-order valence-corrected chi connectivity index (χ4v) is 2.77. The SMILES string of the molecule is COc1cc2ccccc2cc1C(=O)OCc1ccc(C(C)C)cc1. The lowest BCUT2D eigenvalue weighted by molar-refractivity contribution is 0.0469. The van der Waals surface area contributed by atoms with Crippen LogP contribution in [0.15, 0.2) is 60.7 Å². The zero-order chi connectivity index (χ0) is 17.8. The molecule has 3 aromatic carbocycles. The maximum absolute atomic E-state index is 12.5. The van der Waals surface area contributed by atoms with E-state index < -0.39 is 0 Å². The molecule has 0 amide bonds. The third kappa shape index (κ3) is 3.82. The Morgan fingerprint density at radius 3 is 2.20 bits per heavy atom. The van der Waals surface area contributed by atoms with E-state index in [2.05, 4.69) is 26.0 Å². The second kappa shape index (κ2) is 7.39. The van der Waals surface area contributed by atoms with E-state index >= 15 is 0 Å². The maximum atomic E-state index is 12.5. The van der Waals surface area contributed by atoms with Gasteiger partial charge in [0, 0.05) is 0 Å². The van der Waals surface area contributed by atoms with Gasteiger partial charge in [-0.15, -0.1) is 0 Å². The second-order valence-electron chi connectivity index (χ2n) is 6.37. The van der Waals surface area contributed by atoms with Crippen molar-refractivity contribution in [3.05, 3.63) is 77.4 Å². The molecule has 25 heavy (non-hydrogen) atoms. The van der Waals surface area contributed by atoms with E-state index in [0.29, 0.717) is 17.2 Å². The minimum Gasteiger partial charge on any atom is -0.496 e. The highest BCUT2D eigenvalue weighted by Crippen LogP contribution is 2.27. The van der Waals surface area contributed by atoms with Gasteiger partial charge >= 0.3 is 5.97 Å². The van der Waals surface area contributed by atoms with Gasteiger partial charge in [0.2, 0.25) is 0 Å². The van der Waals surface area contributed by atoms with Crippen LogP contribution in [0.25, 0.3) is 10.8 Å². The average molecular weight is 334 g/mol. The van der Waals surface area contributed by atoms with Crippen LogP contribution in [0.4, 0.5) is 0 Å². The van der Waals surface area contributed by atoms with E-state index in [4.69, 9.17) is 9.47 Å². The van der Waals surface area contributed by atoms with Crippen molar-refractivity contribution in [3.63, 3.8) is 0 Å². The number of hydrogen-bond donors (Lipinski definition) is 0. The van der Waals surface area contributed by atoms with E-state index in [-0.39, 0.29) is 12.6 Å². The van der Waals surface area contributed by atoms with Crippen molar-refractivity contribution in [2.45, 2.75) is 26.4 Å². The van der Waals surface area contributed by atoms with Gasteiger partial charge in [-0.1, -0.05) is 62.4 Å². The van der Waals surface area contributed by atoms with Crippen LogP contribution in [0.5, 0.6) is 5.75 Å². The van der Waals surface area contributed by atoms with E-state index in [1.54, 1.807) is 7.11 Å². The molecular formula is C22H22O3. The Hall–Kier alpha value is -2.81. The zero-order valence-corrected chi connectivity index (χ0v) is 14.8. The monoisotopic (exact) mass is 334 g/mol. The Balaban J connectivity index is 1.77. The minimum absolute atomic E-state index is 0.243. The molecule has 0 saturated carbocycles. The average Bonchev–Trinajstić information content (AvgIpc) is 2.65. The zero-order valence-electron chi connectivity index (χ0n) is 14.8. The number of rotatable bonds is 5. The van der Waals surface area contributed by atoms with Crippen LogP contribution in [0, 0.1) is 0 Å². The third-order valence-corrected chi connectivity index (χ3v) is 4.30. The van der Waals surface area contributed by atoms with Crippen molar-refractivity contribution < 1.29 is 14.3 Å². The van der Waals surface area contributed by atoms with Crippen molar-refractivity contribution in [2.75, 3.05) is 7.11 Å². The van der Waals surface area contributed by atoms with Gasteiger partial charge in [-0.05, 0) is 39.9 Å². The molecule has 0 spiro atoms. The van der Waals surface area contributed by atoms with Gasteiger partial charge in [0.1, 0.15) is 17.9 Å². The molecule has 0 aromatic heterocycles. The first-order valence-corrected chi connectivity index (χ1v) is 8.41. The van der Waals surface area contributed by atoms with Gasteiger partial charge in [-0.3, -0.25) is 0 Å². The molecule has 0 atom stereocenters. The van der Waals surface area contributed by atoms with Crippen molar-refractivity contribution in [1.29, 1.82) is 0 Å². The molecule has 3 aromatic rings. The third-order valence-electron chi connectivity index (χ3n) is 4.30. The van der Waals surface area contributed by atoms with E-state index in [9.17, 15) is 4.79 Å². The van der Waals surface area contributed by atoms with Gasteiger partial charge in [0.15, 0.2) is 0 Å². The van der Waals surface area contributed by atoms with Crippen LogP contribution in [-0.4, -0.2) is 13.1 Å². The molecule has 3 heteroatoms. The lowest BCUT2D eigenvalue weighted by Crippen LogP contribution is -2.07. The Morgan fingerprint density at radius 1 is 0.960 bits per heavy atom. The normalized spacial score (nSPS) is 10.9. The highest BCUT2D eigenvalue weighted by molar-refractivity contribution is 5.98. The van der Waals surface area contributed by atoms with Crippen molar-refractivity contribution in [2.24, 2.45) is 0 Å². The number of benzene rings is 3. The molecule has 0 heterocycles. The number of fused-ring (bicyclic) bond motifs is 1. The molecule has 0 N–H and O–H groups in total. The molecular weight excluding hydrogens is 312 g/mol. The van der Waals surface area contributed by atoms with E-state index in [0.717, 1.165) is 16.3 Å². The van der Waals surface area contributed by atoms with Gasteiger partial charge in [0.25, 0.3) is 0 Å². The van der Waals surface area contributed by atoms with Crippen LogP contribution < -0.4 is 4.74 Å². The minimum atomic E-state index is -0.379. The van der Waals surface area contributed by atoms with Crippen LogP contribution in [0.3, 0.4) is 0 Å². The molecule has 3 nitrogen and oxygen atoms in total. The first kappa shape index (κ1) is 17.0. The van der Waals surface area contributed by atoms with Gasteiger partial charge in [-0.25, -0.2) is 4.79 Å². The molecule has 0 aliphatic carbocycles. The van der Waals surface area contributed by atoms with Gasteiger partial charge < -0.3 is 9.47 Å². The summed E-state index contributed by atoms with van der Waals surface area (Å²) in [6, 6.07) is 19.7. The molecule has 0 radical (unpaired) electrons. The predicted molar refractivity (Wildman–Crippen MR) is 100 cm³/mol. The first-order chi connectivity index (χ1) is 12.1. The predicted octanol–water partition coefficient (Wildman–Crippen LogP) is 5.33. The Kier molecular flexibility index (Phi) is 5.03. The summed E-state index contributed by atoms with van der Waals surface area (Å²) in [5, 5.41) is 2.01. The summed E-state index contributed by atoms with van der Waals surface area (Å²) in [5.74, 6) is 0.632. The molecule has 0 aliphatic rings. The lowest BCUT2D eigenvalue weighted by atomic mass is 10.0. The number of methoxy groups -OCH3 is 1. The summed E-state index contributed by atoms with van der Waals surface area (Å²) in [5.41, 5.74) is 2.68. The first-order valence-electron chi connectivity index (χ1n) is 8.41. The summed E-state index contributed by atoms with van der Waals surface area (Å²) < 4.78 is 10.9. The molecule has 0 fully saturated rings. The van der Waals surface area contributed by atoms with Gasteiger partial charge in [-0.2, -0.15) is 0 Å². The summed E-state index contributed by atoms with van der Waals surface area (Å²) in [4.78, 5) is 12.5. The lowest BCUT2D eigenvalue weighted by Gasteiger charge is -2.11.